The number of thioether (sulfide) groups is 1. The highest BCUT2D eigenvalue weighted by Crippen LogP contribution is 2.21. The van der Waals surface area contributed by atoms with Crippen LogP contribution < -0.4 is 5.32 Å². The van der Waals surface area contributed by atoms with Gasteiger partial charge >= 0.3 is 0 Å². The minimum absolute atomic E-state index is 0.0213. The summed E-state index contributed by atoms with van der Waals surface area (Å²) in [5.41, 5.74) is 2.18. The molecule has 2 rings (SSSR count). The Labute approximate surface area is 129 Å². The fourth-order valence-electron chi connectivity index (χ4n) is 1.82. The van der Waals surface area contributed by atoms with Crippen molar-refractivity contribution in [2.45, 2.75) is 25.9 Å². The van der Waals surface area contributed by atoms with Crippen LogP contribution in [0.25, 0.3) is 5.69 Å². The zero-order valence-corrected chi connectivity index (χ0v) is 13.4. The van der Waals surface area contributed by atoms with Crippen molar-refractivity contribution in [2.75, 3.05) is 12.3 Å². The first-order valence-electron chi connectivity index (χ1n) is 6.93. The van der Waals surface area contributed by atoms with E-state index in [4.69, 9.17) is 0 Å². The Kier molecular flexibility index (Phi) is 5.38. The average molecular weight is 304 g/mol. The number of benzene rings is 1. The van der Waals surface area contributed by atoms with Crippen LogP contribution in [0.3, 0.4) is 0 Å². The van der Waals surface area contributed by atoms with Gasteiger partial charge in [-0.3, -0.25) is 9.36 Å². The van der Waals surface area contributed by atoms with Crippen LogP contribution in [0.4, 0.5) is 0 Å². The van der Waals surface area contributed by atoms with E-state index in [0.29, 0.717) is 18.2 Å². The van der Waals surface area contributed by atoms with Crippen LogP contribution in [0.15, 0.2) is 35.7 Å². The number of aromatic nitrogens is 3. The van der Waals surface area contributed by atoms with E-state index >= 15 is 0 Å². The average Bonchev–Trinajstić information content (AvgIpc) is 2.91. The van der Waals surface area contributed by atoms with Crippen molar-refractivity contribution in [3.8, 4) is 5.69 Å². The van der Waals surface area contributed by atoms with Crippen LogP contribution in [0.2, 0.25) is 0 Å². The molecule has 21 heavy (non-hydrogen) atoms. The highest BCUT2D eigenvalue weighted by Gasteiger charge is 2.11. The number of hydrogen-bond donors (Lipinski definition) is 1. The molecule has 5 nitrogen and oxygen atoms in total. The summed E-state index contributed by atoms with van der Waals surface area (Å²) in [7, 11) is 0. The summed E-state index contributed by atoms with van der Waals surface area (Å²) in [4.78, 5) is 11.8. The van der Waals surface area contributed by atoms with Gasteiger partial charge in [0.25, 0.3) is 0 Å². The van der Waals surface area contributed by atoms with Crippen molar-refractivity contribution in [3.63, 3.8) is 0 Å². The van der Waals surface area contributed by atoms with E-state index in [-0.39, 0.29) is 5.91 Å². The molecule has 0 aliphatic rings. The lowest BCUT2D eigenvalue weighted by molar-refractivity contribution is -0.118. The summed E-state index contributed by atoms with van der Waals surface area (Å²) in [6.07, 6.45) is 1.68. The number of para-hydroxylation sites is 1. The number of carbonyl (C=O) groups is 1. The largest absolute Gasteiger partial charge is 0.355 e. The van der Waals surface area contributed by atoms with Crippen LogP contribution in [0.5, 0.6) is 0 Å². The Bertz CT molecular complexity index is 609. The highest BCUT2D eigenvalue weighted by molar-refractivity contribution is 7.99. The molecule has 0 bridgehead atoms. The van der Waals surface area contributed by atoms with Gasteiger partial charge in [0.15, 0.2) is 5.16 Å². The van der Waals surface area contributed by atoms with Gasteiger partial charge in [-0.15, -0.1) is 10.2 Å². The number of nitrogens with one attached hydrogen (secondary N) is 1. The number of carbonyl (C=O) groups excluding carboxylic acids is 1. The molecule has 0 radical (unpaired) electrons. The molecule has 1 N–H and O–H groups in total. The molecule has 6 heteroatoms. The summed E-state index contributed by atoms with van der Waals surface area (Å²) < 4.78 is 1.91. The van der Waals surface area contributed by atoms with Gasteiger partial charge in [0.05, 0.1) is 11.4 Å². The van der Waals surface area contributed by atoms with Crippen molar-refractivity contribution >= 4 is 17.7 Å². The predicted molar refractivity (Wildman–Crippen MR) is 84.7 cm³/mol. The van der Waals surface area contributed by atoms with Gasteiger partial charge in [-0.25, -0.2) is 0 Å². The summed E-state index contributed by atoms with van der Waals surface area (Å²) in [6, 6.07) is 8.03. The SMILES string of the molecule is Cc1ccccc1-n1cnnc1SCC(=O)NCC(C)C. The Balaban J connectivity index is 2.02. The Morgan fingerprint density at radius 2 is 2.14 bits per heavy atom. The molecule has 0 unspecified atom stereocenters. The molecule has 1 aromatic heterocycles. The molecular weight excluding hydrogens is 284 g/mol. The van der Waals surface area contributed by atoms with E-state index in [1.165, 1.54) is 11.8 Å². The smallest absolute Gasteiger partial charge is 0.230 e. The topological polar surface area (TPSA) is 59.8 Å². The van der Waals surface area contributed by atoms with Gasteiger partial charge in [-0.05, 0) is 24.5 Å². The zero-order chi connectivity index (χ0) is 15.2. The Morgan fingerprint density at radius 1 is 1.38 bits per heavy atom. The summed E-state index contributed by atoms with van der Waals surface area (Å²) >= 11 is 1.39. The van der Waals surface area contributed by atoms with Crippen LogP contribution in [0, 0.1) is 12.8 Å². The van der Waals surface area contributed by atoms with E-state index in [2.05, 4.69) is 29.4 Å². The predicted octanol–water partition coefficient (Wildman–Crippen LogP) is 2.44. The van der Waals surface area contributed by atoms with E-state index in [0.717, 1.165) is 16.4 Å². The van der Waals surface area contributed by atoms with Crippen molar-refractivity contribution < 1.29 is 4.79 Å². The van der Waals surface area contributed by atoms with E-state index in [1.54, 1.807) is 6.33 Å². The minimum atomic E-state index is 0.0213. The van der Waals surface area contributed by atoms with Crippen molar-refractivity contribution in [2.24, 2.45) is 5.92 Å². The van der Waals surface area contributed by atoms with Crippen LogP contribution in [-0.2, 0) is 4.79 Å². The third-order valence-electron chi connectivity index (χ3n) is 2.93. The molecule has 0 fully saturated rings. The third-order valence-corrected chi connectivity index (χ3v) is 3.87. The molecule has 0 aliphatic carbocycles. The lowest BCUT2D eigenvalue weighted by Gasteiger charge is -2.09. The van der Waals surface area contributed by atoms with Crippen molar-refractivity contribution in [1.29, 1.82) is 0 Å². The van der Waals surface area contributed by atoms with Gasteiger partial charge in [0.2, 0.25) is 5.91 Å². The zero-order valence-electron chi connectivity index (χ0n) is 12.5. The van der Waals surface area contributed by atoms with Crippen molar-refractivity contribution in [1.82, 2.24) is 20.1 Å². The molecule has 2 aromatic rings. The fourth-order valence-corrected chi connectivity index (χ4v) is 2.57. The fraction of sp³-hybridized carbons (Fsp3) is 0.400. The first-order valence-corrected chi connectivity index (χ1v) is 7.92. The van der Waals surface area contributed by atoms with Crippen LogP contribution >= 0.6 is 11.8 Å². The van der Waals surface area contributed by atoms with E-state index < -0.39 is 0 Å². The number of aryl methyl sites for hydroxylation is 1. The molecule has 1 amide bonds. The normalized spacial score (nSPS) is 10.9. The first-order chi connectivity index (χ1) is 10.1. The summed E-state index contributed by atoms with van der Waals surface area (Å²) in [6.45, 7) is 6.88. The van der Waals surface area contributed by atoms with E-state index in [9.17, 15) is 4.79 Å². The van der Waals surface area contributed by atoms with Crippen LogP contribution in [0.1, 0.15) is 19.4 Å². The second-order valence-corrected chi connectivity index (χ2v) is 6.20. The lowest BCUT2D eigenvalue weighted by atomic mass is 10.2. The maximum Gasteiger partial charge on any atom is 0.230 e. The molecule has 0 atom stereocenters. The molecule has 112 valence electrons. The molecule has 0 aliphatic heterocycles. The molecule has 0 saturated carbocycles. The third kappa shape index (κ3) is 4.32. The molecule has 1 heterocycles. The molecule has 1 aromatic carbocycles. The van der Waals surface area contributed by atoms with Gasteiger partial charge in [-0.1, -0.05) is 43.8 Å². The van der Waals surface area contributed by atoms with Crippen molar-refractivity contribution in [3.05, 3.63) is 36.2 Å². The van der Waals surface area contributed by atoms with E-state index in [1.807, 2.05) is 35.8 Å². The Morgan fingerprint density at radius 3 is 2.86 bits per heavy atom. The number of rotatable bonds is 6. The second kappa shape index (κ2) is 7.26. The lowest BCUT2D eigenvalue weighted by Crippen LogP contribution is -2.28. The van der Waals surface area contributed by atoms with Gasteiger partial charge in [0.1, 0.15) is 6.33 Å². The maximum absolute atomic E-state index is 11.8. The molecular formula is C15H20N4OS. The maximum atomic E-state index is 11.8. The first kappa shape index (κ1) is 15.6. The van der Waals surface area contributed by atoms with Gasteiger partial charge in [-0.2, -0.15) is 0 Å². The highest BCUT2D eigenvalue weighted by atomic mass is 32.2. The number of amides is 1. The summed E-state index contributed by atoms with van der Waals surface area (Å²) in [5, 5.41) is 11.7. The minimum Gasteiger partial charge on any atom is -0.355 e. The quantitative estimate of drug-likeness (QED) is 0.833. The standard InChI is InChI=1S/C15H20N4OS/c1-11(2)8-16-14(20)9-21-15-18-17-10-19(15)13-7-5-4-6-12(13)3/h4-7,10-11H,8-9H2,1-3H3,(H,16,20). The number of nitrogens with zero attached hydrogens (tertiary/aromatic N) is 3. The number of hydrogen-bond acceptors (Lipinski definition) is 4. The van der Waals surface area contributed by atoms with Crippen LogP contribution in [-0.4, -0.2) is 33.0 Å². The molecule has 0 spiro atoms. The Hall–Kier alpha value is -1.82. The van der Waals surface area contributed by atoms with Gasteiger partial charge < -0.3 is 5.32 Å². The summed E-state index contributed by atoms with van der Waals surface area (Å²) in [5.74, 6) is 0.819. The molecule has 0 saturated heterocycles. The monoisotopic (exact) mass is 304 g/mol. The van der Waals surface area contributed by atoms with Gasteiger partial charge in [0, 0.05) is 6.54 Å². The second-order valence-electron chi connectivity index (χ2n) is 5.26.